The van der Waals surface area contributed by atoms with E-state index in [1.807, 2.05) is 0 Å². The first-order chi connectivity index (χ1) is 15.3. The van der Waals surface area contributed by atoms with Gasteiger partial charge in [0, 0.05) is 18.0 Å². The van der Waals surface area contributed by atoms with E-state index in [-0.39, 0.29) is 39.3 Å². The Hall–Kier alpha value is -3.57. The molecule has 0 aliphatic carbocycles. The van der Waals surface area contributed by atoms with Gasteiger partial charge in [-0.05, 0) is 30.2 Å². The van der Waals surface area contributed by atoms with Crippen molar-refractivity contribution in [2.75, 3.05) is 4.72 Å². The third kappa shape index (κ3) is 4.53. The first-order valence-corrected chi connectivity index (χ1v) is 11.1. The Morgan fingerprint density at radius 1 is 1.19 bits per heavy atom. The molecule has 2 aromatic carbocycles. The smallest absolute Gasteiger partial charge is 0.263 e. The van der Waals surface area contributed by atoms with E-state index in [0.717, 1.165) is 0 Å². The zero-order valence-electron chi connectivity index (χ0n) is 16.6. The summed E-state index contributed by atoms with van der Waals surface area (Å²) in [5.74, 6) is -1.17. The molecule has 4 aromatic rings. The molecule has 0 atom stereocenters. The topological polar surface area (TPSA) is 123 Å². The molecular formula is C20H16ClFN6O3S. The van der Waals surface area contributed by atoms with Crippen LogP contribution in [0.1, 0.15) is 11.4 Å². The standard InChI is InChI=1S/C20H16ClFN6O3S/c1-12-7-14(10-23-9-12)32(29,30)26-19-15(13-5-3-2-4-6-13)8-16(21)20(18(19)22)31-11-17-24-27-28-25-17/h2-10,26H,11H2,1H3,(H,24,25,27,28). The van der Waals surface area contributed by atoms with Gasteiger partial charge >= 0.3 is 0 Å². The van der Waals surface area contributed by atoms with Crippen LogP contribution in [0.3, 0.4) is 0 Å². The molecule has 0 spiro atoms. The Balaban J connectivity index is 1.81. The number of hydrogen-bond donors (Lipinski definition) is 2. The highest BCUT2D eigenvalue weighted by atomic mass is 35.5. The minimum Gasteiger partial charge on any atom is -0.481 e. The number of aromatic amines is 1. The minimum absolute atomic E-state index is 0.0509. The number of ether oxygens (including phenoxy) is 1. The van der Waals surface area contributed by atoms with E-state index in [1.54, 1.807) is 37.3 Å². The van der Waals surface area contributed by atoms with Crippen molar-refractivity contribution in [3.63, 3.8) is 0 Å². The largest absolute Gasteiger partial charge is 0.481 e. The molecular weight excluding hydrogens is 459 g/mol. The highest BCUT2D eigenvalue weighted by Gasteiger charge is 2.25. The summed E-state index contributed by atoms with van der Waals surface area (Å²) in [6.07, 6.45) is 2.69. The molecule has 0 bridgehead atoms. The predicted molar refractivity (Wildman–Crippen MR) is 115 cm³/mol. The number of nitrogens with zero attached hydrogens (tertiary/aromatic N) is 4. The molecule has 0 saturated carbocycles. The highest BCUT2D eigenvalue weighted by Crippen LogP contribution is 2.41. The first-order valence-electron chi connectivity index (χ1n) is 9.22. The number of anilines is 1. The lowest BCUT2D eigenvalue weighted by Gasteiger charge is -2.17. The third-order valence-corrected chi connectivity index (χ3v) is 5.99. The van der Waals surface area contributed by atoms with E-state index >= 15 is 4.39 Å². The molecule has 164 valence electrons. The molecule has 12 heteroatoms. The van der Waals surface area contributed by atoms with E-state index in [1.165, 1.54) is 24.5 Å². The monoisotopic (exact) mass is 474 g/mol. The van der Waals surface area contributed by atoms with Crippen molar-refractivity contribution in [3.05, 3.63) is 77.1 Å². The molecule has 0 fully saturated rings. The van der Waals surface area contributed by atoms with Crippen LogP contribution >= 0.6 is 11.6 Å². The zero-order valence-corrected chi connectivity index (χ0v) is 18.2. The normalized spacial score (nSPS) is 11.3. The number of pyridine rings is 1. The summed E-state index contributed by atoms with van der Waals surface area (Å²) in [5.41, 5.74) is 1.12. The second-order valence-corrected chi connectivity index (χ2v) is 8.80. The van der Waals surface area contributed by atoms with Crippen molar-refractivity contribution >= 4 is 27.3 Å². The number of hydrogen-bond acceptors (Lipinski definition) is 7. The number of nitrogens with one attached hydrogen (secondary N) is 2. The van der Waals surface area contributed by atoms with E-state index in [4.69, 9.17) is 16.3 Å². The molecule has 0 aliphatic rings. The summed E-state index contributed by atoms with van der Waals surface area (Å²) < 4.78 is 49.4. The molecule has 0 saturated heterocycles. The lowest BCUT2D eigenvalue weighted by Crippen LogP contribution is -2.16. The number of aryl methyl sites for hydroxylation is 1. The second kappa shape index (κ2) is 8.89. The Morgan fingerprint density at radius 3 is 2.66 bits per heavy atom. The molecule has 2 N–H and O–H groups in total. The number of benzene rings is 2. The lowest BCUT2D eigenvalue weighted by atomic mass is 10.0. The predicted octanol–water partition coefficient (Wildman–Crippen LogP) is 3.74. The van der Waals surface area contributed by atoms with Gasteiger partial charge in [0.05, 0.1) is 10.7 Å². The molecule has 2 heterocycles. The van der Waals surface area contributed by atoms with Crippen molar-refractivity contribution in [2.45, 2.75) is 18.4 Å². The van der Waals surface area contributed by atoms with Gasteiger partial charge in [0.1, 0.15) is 4.90 Å². The van der Waals surface area contributed by atoms with Crippen LogP contribution in [-0.2, 0) is 16.6 Å². The van der Waals surface area contributed by atoms with Crippen LogP contribution in [-0.4, -0.2) is 34.0 Å². The third-order valence-electron chi connectivity index (χ3n) is 4.39. The van der Waals surface area contributed by atoms with E-state index in [9.17, 15) is 8.42 Å². The fourth-order valence-corrected chi connectivity index (χ4v) is 4.30. The number of aromatic nitrogens is 5. The van der Waals surface area contributed by atoms with Crippen LogP contribution in [0, 0.1) is 12.7 Å². The average molecular weight is 475 g/mol. The Morgan fingerprint density at radius 2 is 1.97 bits per heavy atom. The summed E-state index contributed by atoms with van der Waals surface area (Å²) in [6.45, 7) is 1.47. The van der Waals surface area contributed by atoms with Gasteiger partial charge in [0.2, 0.25) is 5.82 Å². The van der Waals surface area contributed by atoms with Crippen LogP contribution in [0.4, 0.5) is 10.1 Å². The van der Waals surface area contributed by atoms with Gasteiger partial charge in [0.15, 0.2) is 18.2 Å². The van der Waals surface area contributed by atoms with Gasteiger partial charge in [-0.1, -0.05) is 47.1 Å². The van der Waals surface area contributed by atoms with Crippen molar-refractivity contribution in [1.29, 1.82) is 0 Å². The van der Waals surface area contributed by atoms with Crippen LogP contribution < -0.4 is 9.46 Å². The minimum atomic E-state index is -4.17. The number of rotatable bonds is 7. The molecule has 32 heavy (non-hydrogen) atoms. The van der Waals surface area contributed by atoms with Crippen molar-refractivity contribution in [3.8, 4) is 16.9 Å². The van der Waals surface area contributed by atoms with Gasteiger partial charge in [-0.3, -0.25) is 9.71 Å². The van der Waals surface area contributed by atoms with Crippen molar-refractivity contribution in [2.24, 2.45) is 0 Å². The molecule has 0 unspecified atom stereocenters. The molecule has 0 aliphatic heterocycles. The Labute approximate surface area is 187 Å². The van der Waals surface area contributed by atoms with E-state index < -0.39 is 15.8 Å². The van der Waals surface area contributed by atoms with Crippen LogP contribution in [0.2, 0.25) is 5.02 Å². The van der Waals surface area contributed by atoms with E-state index in [2.05, 4.69) is 30.3 Å². The fourth-order valence-electron chi connectivity index (χ4n) is 2.93. The van der Waals surface area contributed by atoms with Gasteiger partial charge in [-0.2, -0.15) is 5.21 Å². The average Bonchev–Trinajstić information content (AvgIpc) is 3.30. The Kier molecular flexibility index (Phi) is 6.01. The van der Waals surface area contributed by atoms with E-state index in [0.29, 0.717) is 11.1 Å². The van der Waals surface area contributed by atoms with Crippen LogP contribution in [0.5, 0.6) is 5.75 Å². The molecule has 0 amide bonds. The second-order valence-electron chi connectivity index (χ2n) is 6.71. The number of halogens is 2. The summed E-state index contributed by atoms with van der Waals surface area (Å²) >= 11 is 6.29. The highest BCUT2D eigenvalue weighted by molar-refractivity contribution is 7.92. The van der Waals surface area contributed by atoms with Gasteiger partial charge in [-0.15, -0.1) is 10.2 Å². The summed E-state index contributed by atoms with van der Waals surface area (Å²) in [6, 6.07) is 11.5. The maximum Gasteiger partial charge on any atom is 0.263 e. The molecule has 4 rings (SSSR count). The van der Waals surface area contributed by atoms with Gasteiger partial charge in [-0.25, -0.2) is 12.8 Å². The quantitative estimate of drug-likeness (QED) is 0.418. The summed E-state index contributed by atoms with van der Waals surface area (Å²) in [5, 5.41) is 13.1. The first kappa shape index (κ1) is 21.7. The van der Waals surface area contributed by atoms with Crippen molar-refractivity contribution < 1.29 is 17.5 Å². The van der Waals surface area contributed by atoms with Crippen LogP contribution in [0.25, 0.3) is 11.1 Å². The zero-order chi connectivity index (χ0) is 22.7. The maximum atomic E-state index is 15.6. The molecule has 0 radical (unpaired) electrons. The molecule has 2 aromatic heterocycles. The number of sulfonamides is 1. The summed E-state index contributed by atoms with van der Waals surface area (Å²) in [4.78, 5) is 3.79. The number of tetrazole rings is 1. The fraction of sp³-hybridized carbons (Fsp3) is 0.100. The van der Waals surface area contributed by atoms with Crippen molar-refractivity contribution in [1.82, 2.24) is 25.6 Å². The lowest BCUT2D eigenvalue weighted by molar-refractivity contribution is 0.282. The van der Waals surface area contributed by atoms with Crippen LogP contribution in [0.15, 0.2) is 59.8 Å². The SMILES string of the molecule is Cc1cncc(S(=O)(=O)Nc2c(-c3ccccc3)cc(Cl)c(OCc3nn[nH]n3)c2F)c1. The van der Waals surface area contributed by atoms with Gasteiger partial charge in [0.25, 0.3) is 10.0 Å². The Bertz CT molecular complexity index is 1350. The maximum absolute atomic E-state index is 15.6. The number of H-pyrrole nitrogens is 1. The van der Waals surface area contributed by atoms with Gasteiger partial charge < -0.3 is 4.74 Å². The summed E-state index contributed by atoms with van der Waals surface area (Å²) in [7, 11) is -4.17. The molecule has 9 nitrogen and oxygen atoms in total.